The van der Waals surface area contributed by atoms with Crippen molar-refractivity contribution in [2.75, 3.05) is 26.8 Å². The van der Waals surface area contributed by atoms with Gasteiger partial charge in [-0.25, -0.2) is 9.59 Å². The average Bonchev–Trinajstić information content (AvgIpc) is 2.35. The quantitative estimate of drug-likeness (QED) is 0.822. The summed E-state index contributed by atoms with van der Waals surface area (Å²) >= 11 is 0. The second kappa shape index (κ2) is 6.92. The fourth-order valence-electron chi connectivity index (χ4n) is 2.40. The minimum atomic E-state index is -1.000. The summed E-state index contributed by atoms with van der Waals surface area (Å²) in [5.41, 5.74) is -0.518. The zero-order chi connectivity index (χ0) is 15.3. The number of urea groups is 1. The van der Waals surface area contributed by atoms with Crippen LogP contribution in [-0.2, 0) is 9.53 Å². The van der Waals surface area contributed by atoms with Gasteiger partial charge >= 0.3 is 12.0 Å². The van der Waals surface area contributed by atoms with E-state index in [-0.39, 0.29) is 6.03 Å². The number of amides is 2. The Hall–Kier alpha value is -1.30. The van der Waals surface area contributed by atoms with E-state index < -0.39 is 17.4 Å². The second-order valence-corrected chi connectivity index (χ2v) is 6.47. The number of ether oxygens (including phenoxy) is 1. The number of hydrogen-bond acceptors (Lipinski definition) is 3. The Morgan fingerprint density at radius 1 is 1.35 bits per heavy atom. The fraction of sp³-hybridized carbons (Fsp3) is 0.857. The third kappa shape index (κ3) is 4.67. The number of carbonyl (C=O) groups is 2. The number of carboxylic acid groups (broad SMARTS) is 1. The minimum Gasteiger partial charge on any atom is -0.480 e. The molecule has 6 heteroatoms. The summed E-state index contributed by atoms with van der Waals surface area (Å²) in [6.45, 7) is 7.42. The molecule has 0 aromatic carbocycles. The number of nitrogens with zero attached hydrogens (tertiary/aromatic N) is 1. The molecule has 1 saturated heterocycles. The van der Waals surface area contributed by atoms with Crippen molar-refractivity contribution in [1.82, 2.24) is 10.2 Å². The van der Waals surface area contributed by atoms with Gasteiger partial charge in [-0.2, -0.15) is 0 Å². The number of piperidine rings is 1. The van der Waals surface area contributed by atoms with Crippen molar-refractivity contribution in [1.29, 1.82) is 0 Å². The molecule has 0 aliphatic carbocycles. The maximum atomic E-state index is 12.1. The highest BCUT2D eigenvalue weighted by Crippen LogP contribution is 2.21. The molecule has 1 aliphatic heterocycles. The van der Waals surface area contributed by atoms with Crippen molar-refractivity contribution in [3.63, 3.8) is 0 Å². The summed E-state index contributed by atoms with van der Waals surface area (Å²) in [4.78, 5) is 25.1. The maximum absolute atomic E-state index is 12.1. The first-order valence-corrected chi connectivity index (χ1v) is 7.03. The third-order valence-electron chi connectivity index (χ3n) is 3.68. The smallest absolute Gasteiger partial charge is 0.326 e. The molecule has 0 bridgehead atoms. The highest BCUT2D eigenvalue weighted by atomic mass is 16.5. The first-order valence-electron chi connectivity index (χ1n) is 7.03. The summed E-state index contributed by atoms with van der Waals surface area (Å²) in [7, 11) is 1.68. The van der Waals surface area contributed by atoms with Crippen LogP contribution in [0.25, 0.3) is 0 Å². The Balaban J connectivity index is 2.53. The van der Waals surface area contributed by atoms with Crippen molar-refractivity contribution in [2.24, 2.45) is 11.3 Å². The van der Waals surface area contributed by atoms with E-state index in [0.717, 1.165) is 19.4 Å². The number of aliphatic carboxylic acids is 1. The number of nitrogens with one attached hydrogen (secondary N) is 1. The Morgan fingerprint density at radius 3 is 2.30 bits per heavy atom. The van der Waals surface area contributed by atoms with Gasteiger partial charge in [-0.05, 0) is 24.2 Å². The third-order valence-corrected chi connectivity index (χ3v) is 3.68. The van der Waals surface area contributed by atoms with Gasteiger partial charge in [0, 0.05) is 26.8 Å². The number of carbonyl (C=O) groups excluding carboxylic acids is 1. The van der Waals surface area contributed by atoms with Crippen LogP contribution in [0.2, 0.25) is 0 Å². The van der Waals surface area contributed by atoms with E-state index in [0.29, 0.717) is 19.0 Å². The first-order chi connectivity index (χ1) is 9.25. The summed E-state index contributed by atoms with van der Waals surface area (Å²) in [6.07, 6.45) is 1.79. The molecule has 2 N–H and O–H groups in total. The molecule has 20 heavy (non-hydrogen) atoms. The van der Waals surface area contributed by atoms with Crippen molar-refractivity contribution >= 4 is 12.0 Å². The number of methoxy groups -OCH3 is 1. The first kappa shape index (κ1) is 16.8. The van der Waals surface area contributed by atoms with Crippen LogP contribution in [0.3, 0.4) is 0 Å². The molecule has 0 aromatic heterocycles. The highest BCUT2D eigenvalue weighted by molar-refractivity contribution is 5.83. The van der Waals surface area contributed by atoms with Gasteiger partial charge in [0.25, 0.3) is 0 Å². The second-order valence-electron chi connectivity index (χ2n) is 6.47. The van der Waals surface area contributed by atoms with Crippen LogP contribution < -0.4 is 5.32 Å². The van der Waals surface area contributed by atoms with Crippen LogP contribution in [0, 0.1) is 11.3 Å². The molecule has 6 nitrogen and oxygen atoms in total. The van der Waals surface area contributed by atoms with E-state index in [1.54, 1.807) is 32.8 Å². The molecular weight excluding hydrogens is 260 g/mol. The molecule has 0 saturated carbocycles. The predicted molar refractivity (Wildman–Crippen MR) is 75.6 cm³/mol. The number of likely N-dealkylation sites (tertiary alicyclic amines) is 1. The normalized spacial score (nSPS) is 18.7. The zero-order valence-corrected chi connectivity index (χ0v) is 12.8. The average molecular weight is 286 g/mol. The minimum absolute atomic E-state index is 0.289. The molecule has 1 aliphatic rings. The van der Waals surface area contributed by atoms with Crippen molar-refractivity contribution < 1.29 is 19.4 Å². The van der Waals surface area contributed by atoms with Gasteiger partial charge in [0.15, 0.2) is 0 Å². The summed E-state index contributed by atoms with van der Waals surface area (Å²) in [5.74, 6) is -0.512. The van der Waals surface area contributed by atoms with Crippen molar-refractivity contribution in [3.05, 3.63) is 0 Å². The van der Waals surface area contributed by atoms with Gasteiger partial charge in [0.1, 0.15) is 6.04 Å². The van der Waals surface area contributed by atoms with Crippen molar-refractivity contribution in [2.45, 2.75) is 39.7 Å². The van der Waals surface area contributed by atoms with Crippen LogP contribution in [0.15, 0.2) is 0 Å². The molecule has 1 atom stereocenters. The topological polar surface area (TPSA) is 78.9 Å². The molecule has 116 valence electrons. The van der Waals surface area contributed by atoms with Gasteiger partial charge in [0.2, 0.25) is 0 Å². The Bertz CT molecular complexity index is 344. The van der Waals surface area contributed by atoms with Crippen molar-refractivity contribution in [3.8, 4) is 0 Å². The largest absolute Gasteiger partial charge is 0.480 e. The molecule has 2 amide bonds. The maximum Gasteiger partial charge on any atom is 0.326 e. The summed E-state index contributed by atoms with van der Waals surface area (Å²) < 4.78 is 5.12. The lowest BCUT2D eigenvalue weighted by molar-refractivity contribution is -0.142. The van der Waals surface area contributed by atoms with Crippen LogP contribution in [0.1, 0.15) is 33.6 Å². The summed E-state index contributed by atoms with van der Waals surface area (Å²) in [5, 5.41) is 11.8. The Kier molecular flexibility index (Phi) is 5.80. The number of rotatable bonds is 4. The lowest BCUT2D eigenvalue weighted by Gasteiger charge is -2.34. The predicted octanol–water partition coefficient (Wildman–Crippen LogP) is 1.55. The van der Waals surface area contributed by atoms with Crippen LogP contribution in [-0.4, -0.2) is 54.9 Å². The number of hydrogen-bond donors (Lipinski definition) is 2. The van der Waals surface area contributed by atoms with E-state index in [4.69, 9.17) is 4.74 Å². The molecule has 1 heterocycles. The molecule has 0 radical (unpaired) electrons. The molecule has 1 fully saturated rings. The fourth-order valence-corrected chi connectivity index (χ4v) is 2.40. The van der Waals surface area contributed by atoms with E-state index in [1.165, 1.54) is 0 Å². The molecular formula is C14H26N2O4. The molecule has 0 aromatic rings. The SMILES string of the molecule is COCC1CCN(C(=O)NC(C(=O)O)C(C)(C)C)CC1. The van der Waals surface area contributed by atoms with Gasteiger partial charge in [-0.15, -0.1) is 0 Å². The summed E-state index contributed by atoms with van der Waals surface area (Å²) in [6, 6.07) is -1.17. The lowest BCUT2D eigenvalue weighted by atomic mass is 9.87. The Labute approximate surface area is 120 Å². The zero-order valence-electron chi connectivity index (χ0n) is 12.8. The standard InChI is InChI=1S/C14H26N2O4/c1-14(2,3)11(12(17)18)15-13(19)16-7-5-10(6-8-16)9-20-4/h10-11H,5-9H2,1-4H3,(H,15,19)(H,17,18). The van der Waals surface area contributed by atoms with E-state index in [1.807, 2.05) is 0 Å². The monoisotopic (exact) mass is 286 g/mol. The Morgan fingerprint density at radius 2 is 1.90 bits per heavy atom. The van der Waals surface area contributed by atoms with Crippen LogP contribution in [0.5, 0.6) is 0 Å². The molecule has 1 unspecified atom stereocenters. The molecule has 0 spiro atoms. The van der Waals surface area contributed by atoms with Gasteiger partial charge in [-0.3, -0.25) is 0 Å². The van der Waals surface area contributed by atoms with Crippen LogP contribution >= 0.6 is 0 Å². The van der Waals surface area contributed by atoms with E-state index >= 15 is 0 Å². The highest BCUT2D eigenvalue weighted by Gasteiger charge is 2.34. The van der Waals surface area contributed by atoms with Crippen LogP contribution in [0.4, 0.5) is 4.79 Å². The lowest BCUT2D eigenvalue weighted by Crippen LogP contribution is -2.54. The number of carboxylic acids is 1. The molecule has 1 rings (SSSR count). The van der Waals surface area contributed by atoms with Gasteiger partial charge in [-0.1, -0.05) is 20.8 Å². The van der Waals surface area contributed by atoms with E-state index in [2.05, 4.69) is 5.32 Å². The van der Waals surface area contributed by atoms with E-state index in [9.17, 15) is 14.7 Å². The van der Waals surface area contributed by atoms with Gasteiger partial charge < -0.3 is 20.1 Å². The van der Waals surface area contributed by atoms with Gasteiger partial charge in [0.05, 0.1) is 0 Å².